The number of hydrogen-bond donors (Lipinski definition) is 2. The molecule has 81 heavy (non-hydrogen) atoms. The summed E-state index contributed by atoms with van der Waals surface area (Å²) in [5, 5.41) is 13.9. The number of unbranched alkanes of at least 4 members (excludes halogenated alkanes) is 35. The predicted molar refractivity (Wildman–Crippen MR) is 353 cm³/mol. The number of nitrogens with zero attached hydrogens (tertiary/aromatic N) is 1. The van der Waals surface area contributed by atoms with Crippen LogP contribution in [0, 0.1) is 0 Å². The minimum Gasteiger partial charge on any atom is -0.756 e. The number of phosphoric ester groups is 1. The van der Waals surface area contributed by atoms with Crippen molar-refractivity contribution in [2.24, 2.45) is 0 Å². The Bertz CT molecular complexity index is 1640. The van der Waals surface area contributed by atoms with Crippen LogP contribution < -0.4 is 10.2 Å². The molecule has 1 amide bonds. The SMILES string of the molecule is CC/C=C\C/C=C\C/C=C\C/C=C\C/C=C\C/C=C\C/C=C\CCCCCCCCCCCCCCCCCCCCCC(=O)NC(COP(=O)([O-])OCC[N+](C)(C)C)C(O)/C=C/CCCCCCCCCCCCCCCCCC. The van der Waals surface area contributed by atoms with Gasteiger partial charge in [-0.25, -0.2) is 0 Å². The van der Waals surface area contributed by atoms with Gasteiger partial charge in [0.25, 0.3) is 7.82 Å². The minimum absolute atomic E-state index is 0.00197. The third-order valence-corrected chi connectivity index (χ3v) is 16.0. The average Bonchev–Trinajstić information content (AvgIpc) is 3.43. The molecule has 0 fully saturated rings. The van der Waals surface area contributed by atoms with E-state index in [1.54, 1.807) is 6.08 Å². The van der Waals surface area contributed by atoms with Crippen LogP contribution in [-0.4, -0.2) is 68.5 Å². The van der Waals surface area contributed by atoms with Crippen LogP contribution in [-0.2, 0) is 18.4 Å². The fourth-order valence-electron chi connectivity index (χ4n) is 9.78. The number of hydrogen-bond acceptors (Lipinski definition) is 6. The van der Waals surface area contributed by atoms with Crippen LogP contribution in [0.15, 0.2) is 97.2 Å². The van der Waals surface area contributed by atoms with Gasteiger partial charge in [-0.3, -0.25) is 9.36 Å². The molecule has 0 aliphatic rings. The molecule has 0 radical (unpaired) electrons. The highest BCUT2D eigenvalue weighted by Gasteiger charge is 2.23. The summed E-state index contributed by atoms with van der Waals surface area (Å²) in [5.74, 6) is -0.195. The smallest absolute Gasteiger partial charge is 0.268 e. The number of likely N-dealkylation sites (N-methyl/N-ethyl adjacent to an activating group) is 1. The van der Waals surface area contributed by atoms with Crippen molar-refractivity contribution in [2.75, 3.05) is 40.9 Å². The minimum atomic E-state index is -4.60. The monoisotopic (exact) mass is 1150 g/mol. The van der Waals surface area contributed by atoms with Gasteiger partial charge in [0.15, 0.2) is 0 Å². The average molecular weight is 1150 g/mol. The largest absolute Gasteiger partial charge is 0.756 e. The Hall–Kier alpha value is -2.58. The Morgan fingerprint density at radius 1 is 0.444 bits per heavy atom. The maximum absolute atomic E-state index is 13.0. The lowest BCUT2D eigenvalue weighted by Gasteiger charge is -2.29. The van der Waals surface area contributed by atoms with Crippen LogP contribution in [0.2, 0.25) is 0 Å². The fraction of sp³-hybridized carbons (Fsp3) is 0.764. The first kappa shape index (κ1) is 78.4. The topological polar surface area (TPSA) is 108 Å². The van der Waals surface area contributed by atoms with Gasteiger partial charge in [-0.1, -0.05) is 317 Å². The summed E-state index contributed by atoms with van der Waals surface area (Å²) in [6.07, 6.45) is 89.5. The first-order valence-electron chi connectivity index (χ1n) is 34.1. The van der Waals surface area contributed by atoms with Gasteiger partial charge in [-0.05, 0) is 77.0 Å². The number of carbonyl (C=O) groups is 1. The molecule has 2 N–H and O–H groups in total. The van der Waals surface area contributed by atoms with Crippen molar-refractivity contribution < 1.29 is 32.9 Å². The number of carbonyl (C=O) groups excluding carboxylic acids is 1. The maximum atomic E-state index is 13.0. The first-order valence-corrected chi connectivity index (χ1v) is 35.6. The van der Waals surface area contributed by atoms with E-state index in [1.165, 1.54) is 199 Å². The van der Waals surface area contributed by atoms with Gasteiger partial charge in [0.2, 0.25) is 5.91 Å². The highest BCUT2D eigenvalue weighted by atomic mass is 31.2. The molecule has 0 heterocycles. The van der Waals surface area contributed by atoms with Gasteiger partial charge in [-0.2, -0.15) is 0 Å². The van der Waals surface area contributed by atoms with Crippen molar-refractivity contribution in [3.63, 3.8) is 0 Å². The predicted octanol–water partition coefficient (Wildman–Crippen LogP) is 21.1. The maximum Gasteiger partial charge on any atom is 0.268 e. The summed E-state index contributed by atoms with van der Waals surface area (Å²) in [4.78, 5) is 25.6. The van der Waals surface area contributed by atoms with Crippen LogP contribution in [0.3, 0.4) is 0 Å². The van der Waals surface area contributed by atoms with Crippen LogP contribution in [0.25, 0.3) is 0 Å². The second-order valence-electron chi connectivity index (χ2n) is 24.2. The summed E-state index contributed by atoms with van der Waals surface area (Å²) < 4.78 is 23.4. The Morgan fingerprint density at radius 2 is 0.753 bits per heavy atom. The number of quaternary nitrogens is 1. The normalized spacial score (nSPS) is 14.3. The Balaban J connectivity index is 3.98. The summed E-state index contributed by atoms with van der Waals surface area (Å²) in [7, 11) is 1.27. The zero-order valence-electron chi connectivity index (χ0n) is 53.7. The van der Waals surface area contributed by atoms with Crippen molar-refractivity contribution in [1.29, 1.82) is 0 Å². The van der Waals surface area contributed by atoms with Gasteiger partial charge >= 0.3 is 0 Å². The van der Waals surface area contributed by atoms with Crippen molar-refractivity contribution in [3.05, 3.63) is 97.2 Å². The van der Waals surface area contributed by atoms with E-state index >= 15 is 0 Å². The van der Waals surface area contributed by atoms with Crippen molar-refractivity contribution in [3.8, 4) is 0 Å². The Kier molecular flexibility index (Phi) is 60.0. The van der Waals surface area contributed by atoms with Gasteiger partial charge in [0.05, 0.1) is 39.9 Å². The van der Waals surface area contributed by atoms with Gasteiger partial charge in [0.1, 0.15) is 13.2 Å². The molecule has 3 unspecified atom stereocenters. The number of allylic oxidation sites excluding steroid dienone is 15. The molecule has 0 aliphatic carbocycles. The highest BCUT2D eigenvalue weighted by Crippen LogP contribution is 2.38. The van der Waals surface area contributed by atoms with E-state index in [0.29, 0.717) is 17.4 Å². The Labute approximate surface area is 502 Å². The van der Waals surface area contributed by atoms with Crippen molar-refractivity contribution in [1.82, 2.24) is 5.32 Å². The van der Waals surface area contributed by atoms with E-state index in [9.17, 15) is 19.4 Å². The fourth-order valence-corrected chi connectivity index (χ4v) is 10.5. The summed E-state index contributed by atoms with van der Waals surface area (Å²) in [5.41, 5.74) is 0. The number of nitrogens with one attached hydrogen (secondary N) is 1. The van der Waals surface area contributed by atoms with Gasteiger partial charge in [-0.15, -0.1) is 0 Å². The van der Waals surface area contributed by atoms with Crippen molar-refractivity contribution in [2.45, 2.75) is 315 Å². The summed E-state index contributed by atoms with van der Waals surface area (Å²) in [6.45, 7) is 4.56. The first-order chi connectivity index (χ1) is 39.5. The van der Waals surface area contributed by atoms with E-state index in [0.717, 1.165) is 83.5 Å². The molecule has 0 aliphatic heterocycles. The van der Waals surface area contributed by atoms with E-state index in [2.05, 4.69) is 104 Å². The molecular weight excluding hydrogens is 1020 g/mol. The molecule has 0 aromatic carbocycles. The van der Waals surface area contributed by atoms with Gasteiger partial charge in [0, 0.05) is 6.42 Å². The lowest BCUT2D eigenvalue weighted by atomic mass is 10.0. The third-order valence-electron chi connectivity index (χ3n) is 15.0. The number of amides is 1. The standard InChI is InChI=1S/C72H131N2O6P/c1-6-8-10-12-14-16-18-20-22-24-26-27-28-29-30-31-32-33-34-35-36-37-38-39-40-41-42-43-44-45-46-47-48-50-52-54-56-58-60-62-64-66-72(76)73-70(69-80-81(77,78)79-68-67-74(3,4)5)71(75)65-63-61-59-57-55-53-51-49-25-23-21-19-17-15-13-11-9-7-2/h8,10,14,16,20,22,26-27,29-30,32-33,35-36,63,65,70-71,75H,6-7,9,11-13,15,17-19,21,23-25,28,31,34,37-62,64,66-69H2,1-5H3,(H-,73,76,77,78)/b10-8-,16-14-,22-20-,27-26-,30-29-,33-32-,36-35-,65-63+. The van der Waals surface area contributed by atoms with E-state index in [-0.39, 0.29) is 19.1 Å². The lowest BCUT2D eigenvalue weighted by Crippen LogP contribution is -2.45. The third kappa shape index (κ3) is 64.8. The molecule has 0 spiro atoms. The quantitative estimate of drug-likeness (QED) is 0.0272. The molecule has 0 aromatic rings. The molecule has 0 saturated carbocycles. The zero-order chi connectivity index (χ0) is 59.1. The number of aliphatic hydroxyl groups excluding tert-OH is 1. The van der Waals surface area contributed by atoms with Crippen LogP contribution in [0.4, 0.5) is 0 Å². The van der Waals surface area contributed by atoms with E-state index < -0.39 is 20.0 Å². The molecule has 8 nitrogen and oxygen atoms in total. The molecule has 0 rings (SSSR count). The summed E-state index contributed by atoms with van der Waals surface area (Å²) >= 11 is 0. The van der Waals surface area contributed by atoms with Crippen molar-refractivity contribution >= 4 is 13.7 Å². The Morgan fingerprint density at radius 3 is 1.10 bits per heavy atom. The van der Waals surface area contributed by atoms with E-state index in [1.807, 2.05) is 27.2 Å². The number of rotatable bonds is 62. The second-order valence-corrected chi connectivity index (χ2v) is 25.6. The zero-order valence-corrected chi connectivity index (χ0v) is 54.6. The second kappa shape index (κ2) is 62.0. The number of aliphatic hydroxyl groups is 1. The van der Waals surface area contributed by atoms with Crippen LogP contribution in [0.5, 0.6) is 0 Å². The van der Waals surface area contributed by atoms with Crippen LogP contribution >= 0.6 is 7.82 Å². The number of phosphoric acid groups is 1. The van der Waals surface area contributed by atoms with Crippen LogP contribution in [0.1, 0.15) is 303 Å². The highest BCUT2D eigenvalue weighted by molar-refractivity contribution is 7.45. The molecule has 470 valence electrons. The van der Waals surface area contributed by atoms with Gasteiger partial charge < -0.3 is 28.8 Å². The molecule has 3 atom stereocenters. The molecule has 0 saturated heterocycles. The molecule has 0 bridgehead atoms. The summed E-state index contributed by atoms with van der Waals surface area (Å²) in [6, 6.07) is -0.889. The lowest BCUT2D eigenvalue weighted by molar-refractivity contribution is -0.870. The molecule has 9 heteroatoms. The molecular formula is C72H131N2O6P. The van der Waals surface area contributed by atoms with E-state index in [4.69, 9.17) is 9.05 Å². The molecule has 0 aromatic heterocycles.